The zero-order chi connectivity index (χ0) is 52.0. The Morgan fingerprint density at radius 3 is 1.56 bits per heavy atom. The average molecular weight is 1020 g/mol. The van der Waals surface area contributed by atoms with Crippen LogP contribution in [0.5, 0.6) is 0 Å². The zero-order valence-electron chi connectivity index (χ0n) is 42.8. The molecule has 0 radical (unpaired) electrons. The fourth-order valence-electron chi connectivity index (χ4n) is 7.35. The number of ether oxygens (including phenoxy) is 3. The molecule has 388 valence electrons. The summed E-state index contributed by atoms with van der Waals surface area (Å²) in [4.78, 5) is 33.7. The Balaban J connectivity index is 0.000000219. The molecule has 4 aromatic rings. The summed E-state index contributed by atoms with van der Waals surface area (Å²) in [5.74, 6) is -2.71. The van der Waals surface area contributed by atoms with Crippen molar-refractivity contribution in [3.05, 3.63) is 103 Å². The lowest BCUT2D eigenvalue weighted by Gasteiger charge is -2.28. The van der Waals surface area contributed by atoms with Gasteiger partial charge in [-0.2, -0.15) is 0 Å². The predicted octanol–water partition coefficient (Wildman–Crippen LogP) is 10.6. The topological polar surface area (TPSA) is 173 Å². The van der Waals surface area contributed by atoms with Gasteiger partial charge in [-0.25, -0.2) is 37.1 Å². The summed E-state index contributed by atoms with van der Waals surface area (Å²) in [5.41, 5.74) is 7.74. The SMILES string of the molecule is CC(C)(C)Cc1nc(C2(N)CC2)cs1.CC(C)(C)Cc1nc(C2(NCC(O)C(Cc3cc(F)cc(F)c3)NC(=O)OC(C)(C)C)CC2)cs1.CC(C)(C)OC(=O)NC(Cc1cc(F)cc(F)c1)C1CO1. The lowest BCUT2D eigenvalue weighted by atomic mass is 9.93. The van der Waals surface area contributed by atoms with Crippen LogP contribution in [0.4, 0.5) is 27.2 Å². The van der Waals surface area contributed by atoms with Crippen LogP contribution in [-0.2, 0) is 51.0 Å². The van der Waals surface area contributed by atoms with E-state index in [9.17, 15) is 32.3 Å². The van der Waals surface area contributed by atoms with Crippen molar-refractivity contribution >= 4 is 34.9 Å². The molecule has 3 aliphatic rings. The number of benzene rings is 2. The number of thiazole rings is 2. The molecule has 1 aliphatic heterocycles. The minimum absolute atomic E-state index is 0.0379. The molecule has 2 amide bonds. The zero-order valence-corrected chi connectivity index (χ0v) is 44.4. The molecule has 3 fully saturated rings. The number of carbonyl (C=O) groups is 2. The van der Waals surface area contributed by atoms with Crippen molar-refractivity contribution in [3.63, 3.8) is 0 Å². The van der Waals surface area contributed by atoms with E-state index in [0.29, 0.717) is 23.1 Å². The molecule has 2 aliphatic carbocycles. The van der Waals surface area contributed by atoms with E-state index < -0.39 is 58.8 Å². The molecular formula is C52H74F4N6O6S2. The lowest BCUT2D eigenvalue weighted by molar-refractivity contribution is 0.0417. The monoisotopic (exact) mass is 1020 g/mol. The molecule has 3 heterocycles. The van der Waals surface area contributed by atoms with Crippen LogP contribution >= 0.6 is 22.7 Å². The second-order valence-electron chi connectivity index (χ2n) is 23.3. The first-order chi connectivity index (χ1) is 32.3. The summed E-state index contributed by atoms with van der Waals surface area (Å²) < 4.78 is 69.6. The number of amides is 2. The molecule has 4 unspecified atom stereocenters. The molecule has 1 saturated heterocycles. The number of carbonyl (C=O) groups excluding carboxylic acids is 2. The third kappa shape index (κ3) is 19.8. The molecule has 2 aromatic carbocycles. The maximum absolute atomic E-state index is 13.7. The molecule has 18 heteroatoms. The number of alkyl carbamates (subject to hydrolysis) is 2. The Morgan fingerprint density at radius 2 is 1.14 bits per heavy atom. The number of aromatic nitrogens is 2. The lowest BCUT2D eigenvalue weighted by Crippen LogP contribution is -2.51. The number of epoxide rings is 1. The first-order valence-corrected chi connectivity index (χ1v) is 25.6. The van der Waals surface area contributed by atoms with E-state index in [1.54, 1.807) is 64.2 Å². The van der Waals surface area contributed by atoms with E-state index in [0.717, 1.165) is 67.1 Å². The minimum atomic E-state index is -1.03. The van der Waals surface area contributed by atoms with E-state index in [2.05, 4.69) is 73.2 Å². The molecule has 12 nitrogen and oxygen atoms in total. The van der Waals surface area contributed by atoms with Gasteiger partial charge < -0.3 is 41.0 Å². The van der Waals surface area contributed by atoms with Crippen LogP contribution < -0.4 is 21.7 Å². The van der Waals surface area contributed by atoms with Crippen LogP contribution in [0.1, 0.15) is 141 Å². The van der Waals surface area contributed by atoms with Gasteiger partial charge in [0.1, 0.15) is 40.6 Å². The number of nitrogens with two attached hydrogens (primary N) is 1. The highest BCUT2D eigenvalue weighted by molar-refractivity contribution is 7.10. The van der Waals surface area contributed by atoms with E-state index in [-0.39, 0.29) is 48.0 Å². The van der Waals surface area contributed by atoms with Gasteiger partial charge in [0.25, 0.3) is 0 Å². The second-order valence-corrected chi connectivity index (χ2v) is 25.1. The van der Waals surface area contributed by atoms with Crippen LogP contribution in [0.25, 0.3) is 0 Å². The number of nitrogens with one attached hydrogen (secondary N) is 3. The van der Waals surface area contributed by atoms with Gasteiger partial charge in [-0.1, -0.05) is 41.5 Å². The highest BCUT2D eigenvalue weighted by atomic mass is 32.1. The van der Waals surface area contributed by atoms with Gasteiger partial charge in [0.2, 0.25) is 0 Å². The van der Waals surface area contributed by atoms with Crippen molar-refractivity contribution in [2.75, 3.05) is 13.2 Å². The summed E-state index contributed by atoms with van der Waals surface area (Å²) in [6, 6.07) is 5.29. The van der Waals surface area contributed by atoms with E-state index in [4.69, 9.17) is 24.9 Å². The van der Waals surface area contributed by atoms with Gasteiger partial charge in [-0.3, -0.25) is 0 Å². The predicted molar refractivity (Wildman–Crippen MR) is 267 cm³/mol. The van der Waals surface area contributed by atoms with Gasteiger partial charge in [-0.15, -0.1) is 22.7 Å². The maximum Gasteiger partial charge on any atom is 0.407 e. The van der Waals surface area contributed by atoms with Crippen LogP contribution in [0.2, 0.25) is 0 Å². The standard InChI is InChI=1S/C26H37F2N3O3S.C15H19F2NO3.C11H18N2S/c1-24(2,3)13-22-31-21(15-35-22)26(7-8-26)29-14-20(32)19(30-23(33)34-25(4,5)6)11-16-9-17(27)12-18(28)10-16;1-15(2,3)21-14(19)18-12(13-8-20-13)6-9-4-10(16)7-11(17)5-9;1-10(2,3)6-9-13-8(7-14-9)11(12)4-5-11/h9-10,12,15,19-20,29,32H,7-8,11,13-14H2,1-6H3,(H,30,33);4-5,7,12-13H,6,8H2,1-3H3,(H,18,19);7H,4-6,12H2,1-3H3. The van der Waals surface area contributed by atoms with Crippen molar-refractivity contribution < 1.29 is 46.5 Å². The molecule has 0 bridgehead atoms. The second kappa shape index (κ2) is 22.7. The Bertz CT molecular complexity index is 2330. The van der Waals surface area contributed by atoms with Gasteiger partial charge in [0, 0.05) is 42.3 Å². The number of hydrogen-bond donors (Lipinski definition) is 5. The number of hydrogen-bond acceptors (Lipinski definition) is 12. The normalized spacial score (nSPS) is 18.2. The quantitative estimate of drug-likeness (QED) is 0.0570. The number of rotatable bonds is 15. The average Bonchev–Trinajstić information content (AvgIpc) is 4.14. The highest BCUT2D eigenvalue weighted by Crippen LogP contribution is 2.46. The number of nitrogens with zero attached hydrogens (tertiary/aromatic N) is 2. The molecule has 2 aromatic heterocycles. The molecule has 7 rings (SSSR count). The van der Waals surface area contributed by atoms with Crippen molar-refractivity contribution in [3.8, 4) is 0 Å². The maximum atomic E-state index is 13.7. The van der Waals surface area contributed by atoms with Crippen molar-refractivity contribution in [2.45, 2.75) is 181 Å². The summed E-state index contributed by atoms with van der Waals surface area (Å²) in [6.45, 7) is 24.4. The fraction of sp³-hybridized carbons (Fsp3) is 0.615. The molecule has 6 N–H and O–H groups in total. The summed E-state index contributed by atoms with van der Waals surface area (Å²) in [7, 11) is 0. The van der Waals surface area contributed by atoms with Crippen molar-refractivity contribution in [2.24, 2.45) is 16.6 Å². The van der Waals surface area contributed by atoms with Crippen LogP contribution in [0.15, 0.2) is 47.2 Å². The van der Waals surface area contributed by atoms with Crippen LogP contribution in [0.3, 0.4) is 0 Å². The van der Waals surface area contributed by atoms with Crippen LogP contribution in [0, 0.1) is 34.1 Å². The fourth-order valence-corrected chi connectivity index (χ4v) is 9.75. The third-order valence-electron chi connectivity index (χ3n) is 11.1. The molecule has 2 saturated carbocycles. The summed E-state index contributed by atoms with van der Waals surface area (Å²) >= 11 is 3.40. The Morgan fingerprint density at radius 1 is 0.714 bits per heavy atom. The largest absolute Gasteiger partial charge is 0.444 e. The van der Waals surface area contributed by atoms with E-state index in [1.165, 1.54) is 29.3 Å². The van der Waals surface area contributed by atoms with E-state index >= 15 is 0 Å². The van der Waals surface area contributed by atoms with Crippen molar-refractivity contribution in [1.82, 2.24) is 25.9 Å². The highest BCUT2D eigenvalue weighted by Gasteiger charge is 2.47. The smallest absolute Gasteiger partial charge is 0.407 e. The first-order valence-electron chi connectivity index (χ1n) is 23.9. The van der Waals surface area contributed by atoms with Gasteiger partial charge in [0.05, 0.1) is 57.3 Å². The van der Waals surface area contributed by atoms with Gasteiger partial charge in [-0.05, 0) is 126 Å². The number of aliphatic hydroxyl groups excluding tert-OH is 1. The molecule has 4 atom stereocenters. The number of aliphatic hydroxyl groups is 1. The summed E-state index contributed by atoms with van der Waals surface area (Å²) in [5, 5.41) is 26.3. The van der Waals surface area contributed by atoms with Crippen molar-refractivity contribution in [1.29, 1.82) is 0 Å². The Labute approximate surface area is 419 Å². The van der Waals surface area contributed by atoms with Crippen LogP contribution in [-0.4, -0.2) is 75.9 Å². The molecule has 0 spiro atoms. The van der Waals surface area contributed by atoms with E-state index in [1.807, 2.05) is 0 Å². The first kappa shape index (κ1) is 56.7. The Hall–Kier alpha value is -4.20. The van der Waals surface area contributed by atoms with Gasteiger partial charge in [0.15, 0.2) is 0 Å². The molecular weight excluding hydrogens is 945 g/mol. The molecule has 70 heavy (non-hydrogen) atoms. The third-order valence-corrected chi connectivity index (χ3v) is 12.8. The van der Waals surface area contributed by atoms with Gasteiger partial charge >= 0.3 is 12.2 Å². The number of halogens is 4. The Kier molecular flexibility index (Phi) is 18.4. The summed E-state index contributed by atoms with van der Waals surface area (Å²) in [6.07, 6.45) is 3.81. The minimum Gasteiger partial charge on any atom is -0.444 e.